The van der Waals surface area contributed by atoms with Gasteiger partial charge in [0.25, 0.3) is 0 Å². The average molecular weight is 243 g/mol. The molecule has 4 heteroatoms. The Hall–Kier alpha value is -0.700. The van der Waals surface area contributed by atoms with E-state index in [9.17, 15) is 0 Å². The fourth-order valence-electron chi connectivity index (χ4n) is 2.16. The van der Waals surface area contributed by atoms with Gasteiger partial charge in [-0.2, -0.15) is 5.10 Å². The zero-order chi connectivity index (χ0) is 11.4. The number of hydrogen-bond donors (Lipinski definition) is 0. The fraction of sp³-hybridized carbons (Fsp3) is 0.750. The van der Waals surface area contributed by atoms with E-state index < -0.39 is 0 Å². The summed E-state index contributed by atoms with van der Waals surface area (Å²) in [6.07, 6.45) is 9.28. The summed E-state index contributed by atoms with van der Waals surface area (Å²) in [6, 6.07) is 0. The smallest absolute Gasteiger partial charge is 0.176 e. The Bertz CT molecular complexity index is 332. The Labute approximate surface area is 102 Å². The molecule has 0 N–H and O–H groups in total. The highest BCUT2D eigenvalue weighted by molar-refractivity contribution is 6.31. The maximum atomic E-state index is 6.20. The highest BCUT2D eigenvalue weighted by atomic mass is 35.5. The van der Waals surface area contributed by atoms with E-state index in [1.165, 1.54) is 19.3 Å². The number of halogens is 1. The van der Waals surface area contributed by atoms with Crippen LogP contribution in [0.25, 0.3) is 0 Å². The Morgan fingerprint density at radius 2 is 2.19 bits per heavy atom. The molecule has 1 aliphatic carbocycles. The normalized spacial score (nSPS) is 17.6. The summed E-state index contributed by atoms with van der Waals surface area (Å²) in [7, 11) is 0. The predicted molar refractivity (Wildman–Crippen MR) is 65.0 cm³/mol. The molecule has 1 heterocycles. The summed E-state index contributed by atoms with van der Waals surface area (Å²) in [4.78, 5) is 0. The Morgan fingerprint density at radius 3 is 2.88 bits per heavy atom. The van der Waals surface area contributed by atoms with Crippen molar-refractivity contribution in [2.75, 3.05) is 0 Å². The van der Waals surface area contributed by atoms with E-state index in [2.05, 4.69) is 12.0 Å². The lowest BCUT2D eigenvalue weighted by atomic mass is 9.98. The van der Waals surface area contributed by atoms with Gasteiger partial charge < -0.3 is 4.74 Å². The topological polar surface area (TPSA) is 27.1 Å². The van der Waals surface area contributed by atoms with Gasteiger partial charge in [0.15, 0.2) is 10.9 Å². The third-order valence-corrected chi connectivity index (χ3v) is 3.41. The van der Waals surface area contributed by atoms with Crippen molar-refractivity contribution in [2.24, 2.45) is 0 Å². The summed E-state index contributed by atoms with van der Waals surface area (Å²) < 4.78 is 7.70. The maximum Gasteiger partial charge on any atom is 0.176 e. The van der Waals surface area contributed by atoms with Crippen molar-refractivity contribution in [2.45, 2.75) is 58.1 Å². The second-order valence-electron chi connectivity index (χ2n) is 4.40. The van der Waals surface area contributed by atoms with Crippen molar-refractivity contribution >= 4 is 11.6 Å². The van der Waals surface area contributed by atoms with Gasteiger partial charge in [0.1, 0.15) is 0 Å². The minimum Gasteiger partial charge on any atom is -0.486 e. The maximum absolute atomic E-state index is 6.20. The van der Waals surface area contributed by atoms with E-state index in [0.29, 0.717) is 11.3 Å². The lowest BCUT2D eigenvalue weighted by Crippen LogP contribution is -2.19. The largest absolute Gasteiger partial charge is 0.486 e. The first-order valence-electron chi connectivity index (χ1n) is 6.19. The number of rotatable bonds is 4. The first-order valence-corrected chi connectivity index (χ1v) is 6.57. The van der Waals surface area contributed by atoms with Crippen LogP contribution >= 0.6 is 11.6 Å². The van der Waals surface area contributed by atoms with Gasteiger partial charge in [-0.3, -0.25) is 4.68 Å². The van der Waals surface area contributed by atoms with Crippen LogP contribution in [0.4, 0.5) is 0 Å². The van der Waals surface area contributed by atoms with Crippen molar-refractivity contribution in [1.82, 2.24) is 9.78 Å². The predicted octanol–water partition coefficient (Wildman–Crippen LogP) is 3.66. The third-order valence-electron chi connectivity index (χ3n) is 3.03. The number of aryl methyl sites for hydroxylation is 1. The van der Waals surface area contributed by atoms with E-state index in [0.717, 1.165) is 31.6 Å². The Morgan fingerprint density at radius 1 is 1.44 bits per heavy atom. The van der Waals surface area contributed by atoms with E-state index in [1.807, 2.05) is 0 Å². The molecule has 0 radical (unpaired) electrons. The molecule has 0 aromatic carbocycles. The van der Waals surface area contributed by atoms with Crippen molar-refractivity contribution in [3.63, 3.8) is 0 Å². The molecule has 1 aliphatic rings. The van der Waals surface area contributed by atoms with E-state index in [1.54, 1.807) is 10.9 Å². The van der Waals surface area contributed by atoms with Crippen LogP contribution in [-0.2, 0) is 6.54 Å². The zero-order valence-electron chi connectivity index (χ0n) is 9.79. The SMILES string of the molecule is CCCn1ncc(OC2CCCCC2)c1Cl. The van der Waals surface area contributed by atoms with Gasteiger partial charge in [-0.05, 0) is 32.1 Å². The lowest BCUT2D eigenvalue weighted by molar-refractivity contribution is 0.155. The molecule has 1 fully saturated rings. The molecular formula is C12H19ClN2O. The highest BCUT2D eigenvalue weighted by Gasteiger charge is 2.18. The van der Waals surface area contributed by atoms with Crippen molar-refractivity contribution in [3.8, 4) is 5.75 Å². The second kappa shape index (κ2) is 5.58. The van der Waals surface area contributed by atoms with E-state index in [4.69, 9.17) is 16.3 Å². The molecular weight excluding hydrogens is 224 g/mol. The van der Waals surface area contributed by atoms with Crippen molar-refractivity contribution in [1.29, 1.82) is 0 Å². The quantitative estimate of drug-likeness (QED) is 0.806. The molecule has 0 amide bonds. The molecule has 0 spiro atoms. The first-order chi connectivity index (χ1) is 7.81. The molecule has 1 saturated carbocycles. The fourth-order valence-corrected chi connectivity index (χ4v) is 2.38. The summed E-state index contributed by atoms with van der Waals surface area (Å²) in [5.41, 5.74) is 0. The van der Waals surface area contributed by atoms with Crippen molar-refractivity contribution in [3.05, 3.63) is 11.3 Å². The molecule has 0 bridgehead atoms. The van der Waals surface area contributed by atoms with Crippen LogP contribution in [0.5, 0.6) is 5.75 Å². The van der Waals surface area contributed by atoms with Gasteiger partial charge in [-0.1, -0.05) is 24.9 Å². The monoisotopic (exact) mass is 242 g/mol. The Balaban J connectivity index is 1.97. The average Bonchev–Trinajstić information content (AvgIpc) is 2.64. The second-order valence-corrected chi connectivity index (χ2v) is 4.76. The zero-order valence-corrected chi connectivity index (χ0v) is 10.5. The van der Waals surface area contributed by atoms with Crippen LogP contribution in [-0.4, -0.2) is 15.9 Å². The molecule has 90 valence electrons. The number of ether oxygens (including phenoxy) is 1. The van der Waals surface area contributed by atoms with Gasteiger partial charge in [0.05, 0.1) is 12.3 Å². The summed E-state index contributed by atoms with van der Waals surface area (Å²) >= 11 is 6.20. The van der Waals surface area contributed by atoms with Gasteiger partial charge >= 0.3 is 0 Å². The van der Waals surface area contributed by atoms with Gasteiger partial charge in [0, 0.05) is 6.54 Å². The van der Waals surface area contributed by atoms with E-state index in [-0.39, 0.29) is 0 Å². The summed E-state index contributed by atoms with van der Waals surface area (Å²) in [6.45, 7) is 2.96. The molecule has 0 saturated heterocycles. The number of nitrogens with zero attached hydrogens (tertiary/aromatic N) is 2. The molecule has 16 heavy (non-hydrogen) atoms. The van der Waals surface area contributed by atoms with Crippen LogP contribution in [0.3, 0.4) is 0 Å². The summed E-state index contributed by atoms with van der Waals surface area (Å²) in [5, 5.41) is 4.88. The molecule has 1 aromatic heterocycles. The molecule has 3 nitrogen and oxygen atoms in total. The summed E-state index contributed by atoms with van der Waals surface area (Å²) in [5.74, 6) is 0.752. The van der Waals surface area contributed by atoms with Crippen LogP contribution in [0.15, 0.2) is 6.20 Å². The standard InChI is InChI=1S/C12H19ClN2O/c1-2-8-15-12(13)11(9-14-15)16-10-6-4-3-5-7-10/h9-10H,2-8H2,1H3. The third kappa shape index (κ3) is 2.70. The van der Waals surface area contributed by atoms with Crippen LogP contribution in [0, 0.1) is 0 Å². The van der Waals surface area contributed by atoms with Gasteiger partial charge in [0.2, 0.25) is 0 Å². The molecule has 1 aromatic rings. The van der Waals surface area contributed by atoms with E-state index >= 15 is 0 Å². The lowest BCUT2D eigenvalue weighted by Gasteiger charge is -2.22. The Kier molecular flexibility index (Phi) is 4.10. The first kappa shape index (κ1) is 11.8. The van der Waals surface area contributed by atoms with Crippen molar-refractivity contribution < 1.29 is 4.74 Å². The number of aromatic nitrogens is 2. The van der Waals surface area contributed by atoms with Crippen LogP contribution in [0.2, 0.25) is 5.15 Å². The van der Waals surface area contributed by atoms with Gasteiger partial charge in [-0.25, -0.2) is 0 Å². The molecule has 0 aliphatic heterocycles. The minimum atomic E-state index is 0.338. The minimum absolute atomic E-state index is 0.338. The highest BCUT2D eigenvalue weighted by Crippen LogP contribution is 2.28. The van der Waals surface area contributed by atoms with Crippen LogP contribution in [0.1, 0.15) is 45.4 Å². The molecule has 0 unspecified atom stereocenters. The molecule has 2 rings (SSSR count). The molecule has 0 atom stereocenters. The van der Waals surface area contributed by atoms with Gasteiger partial charge in [-0.15, -0.1) is 0 Å². The van der Waals surface area contributed by atoms with Crippen LogP contribution < -0.4 is 4.74 Å². The number of hydrogen-bond acceptors (Lipinski definition) is 2.